The minimum Gasteiger partial charge on any atom is -0.374 e. The number of aromatic nitrogens is 4. The highest BCUT2D eigenvalue weighted by Gasteiger charge is 2.04. The van der Waals surface area contributed by atoms with Crippen molar-refractivity contribution in [3.63, 3.8) is 0 Å². The minimum absolute atomic E-state index is 0.507. The second-order valence-electron chi connectivity index (χ2n) is 2.51. The van der Waals surface area contributed by atoms with E-state index in [1.807, 2.05) is 0 Å². The summed E-state index contributed by atoms with van der Waals surface area (Å²) in [6, 6.07) is 0. The largest absolute Gasteiger partial charge is 0.374 e. The van der Waals surface area contributed by atoms with E-state index in [0.29, 0.717) is 10.3 Å². The third-order valence-corrected chi connectivity index (χ3v) is 5.41. The Labute approximate surface area is 108 Å². The number of nitrogen functional groups attached to an aromatic ring is 2. The summed E-state index contributed by atoms with van der Waals surface area (Å²) in [6.45, 7) is 0. The van der Waals surface area contributed by atoms with E-state index in [4.69, 9.17) is 11.5 Å². The van der Waals surface area contributed by atoms with Gasteiger partial charge in [0.05, 0.1) is 0 Å². The molecular weight excluding hydrogens is 284 g/mol. The van der Waals surface area contributed by atoms with Gasteiger partial charge in [-0.25, -0.2) is 0 Å². The zero-order valence-corrected chi connectivity index (χ0v) is 11.3. The Balaban J connectivity index is 1.69. The molecule has 0 fully saturated rings. The van der Waals surface area contributed by atoms with Gasteiger partial charge in [-0.2, -0.15) is 0 Å². The van der Waals surface area contributed by atoms with Crippen molar-refractivity contribution in [2.24, 2.45) is 0 Å². The number of hydrogen-bond donors (Lipinski definition) is 2. The molecule has 4 N–H and O–H groups in total. The van der Waals surface area contributed by atoms with Crippen LogP contribution in [0.25, 0.3) is 0 Å². The second kappa shape index (κ2) is 5.66. The van der Waals surface area contributed by atoms with Crippen molar-refractivity contribution in [1.82, 2.24) is 20.4 Å². The highest BCUT2D eigenvalue weighted by molar-refractivity contribution is 8.04. The molecule has 2 rings (SSSR count). The molecule has 0 saturated heterocycles. The Morgan fingerprint density at radius 2 is 1.25 bits per heavy atom. The van der Waals surface area contributed by atoms with Crippen LogP contribution in [0.15, 0.2) is 8.68 Å². The zero-order valence-electron chi connectivity index (χ0n) is 7.99. The van der Waals surface area contributed by atoms with Gasteiger partial charge in [-0.1, -0.05) is 46.2 Å². The highest BCUT2D eigenvalue weighted by atomic mass is 32.2. The summed E-state index contributed by atoms with van der Waals surface area (Å²) in [5.41, 5.74) is 10.9. The van der Waals surface area contributed by atoms with Gasteiger partial charge in [-0.3, -0.25) is 0 Å². The first-order valence-corrected chi connectivity index (χ1v) is 7.78. The van der Waals surface area contributed by atoms with Crippen LogP contribution in [0.3, 0.4) is 0 Å². The van der Waals surface area contributed by atoms with E-state index in [1.54, 1.807) is 23.5 Å². The molecule has 0 amide bonds. The molecule has 0 saturated carbocycles. The molecular formula is C6H8N6S4. The van der Waals surface area contributed by atoms with E-state index in [-0.39, 0.29) is 0 Å². The summed E-state index contributed by atoms with van der Waals surface area (Å²) >= 11 is 6.08. The average molecular weight is 292 g/mol. The lowest BCUT2D eigenvalue weighted by Gasteiger charge is -1.94. The molecule has 0 bridgehead atoms. The highest BCUT2D eigenvalue weighted by Crippen LogP contribution is 2.27. The van der Waals surface area contributed by atoms with Crippen molar-refractivity contribution < 1.29 is 0 Å². The van der Waals surface area contributed by atoms with Gasteiger partial charge in [-0.05, 0) is 0 Å². The third kappa shape index (κ3) is 3.47. The maximum Gasteiger partial charge on any atom is 0.203 e. The quantitative estimate of drug-likeness (QED) is 0.630. The summed E-state index contributed by atoms with van der Waals surface area (Å²) in [5, 5.41) is 16.3. The van der Waals surface area contributed by atoms with Crippen LogP contribution < -0.4 is 11.5 Å². The number of nitrogens with zero attached hydrogens (tertiary/aromatic N) is 4. The molecule has 0 unspecified atom stereocenters. The van der Waals surface area contributed by atoms with Gasteiger partial charge >= 0.3 is 0 Å². The Hall–Kier alpha value is -0.580. The van der Waals surface area contributed by atoms with E-state index in [9.17, 15) is 0 Å². The van der Waals surface area contributed by atoms with Crippen molar-refractivity contribution in [3.8, 4) is 0 Å². The van der Waals surface area contributed by atoms with Gasteiger partial charge in [0.15, 0.2) is 8.68 Å². The van der Waals surface area contributed by atoms with Gasteiger partial charge in [0.2, 0.25) is 10.3 Å². The predicted octanol–water partition coefficient (Wildman–Crippen LogP) is 1.44. The summed E-state index contributed by atoms with van der Waals surface area (Å²) in [7, 11) is 0. The first kappa shape index (κ1) is 11.9. The first-order valence-electron chi connectivity index (χ1n) is 4.17. The van der Waals surface area contributed by atoms with Crippen LogP contribution in [0.1, 0.15) is 0 Å². The number of thioether (sulfide) groups is 2. The van der Waals surface area contributed by atoms with E-state index in [1.165, 1.54) is 22.7 Å². The molecule has 0 atom stereocenters. The summed E-state index contributed by atoms with van der Waals surface area (Å²) < 4.78 is 1.80. The number of hydrogen-bond acceptors (Lipinski definition) is 10. The molecule has 2 aromatic heterocycles. The van der Waals surface area contributed by atoms with Crippen molar-refractivity contribution in [1.29, 1.82) is 0 Å². The molecule has 0 aliphatic rings. The van der Waals surface area contributed by atoms with Crippen molar-refractivity contribution in [2.45, 2.75) is 8.68 Å². The van der Waals surface area contributed by atoms with Crippen molar-refractivity contribution >= 4 is 56.5 Å². The number of nitrogens with two attached hydrogens (primary N) is 2. The second-order valence-corrected chi connectivity index (χ2v) is 7.21. The number of rotatable bonds is 5. The maximum absolute atomic E-state index is 5.47. The molecule has 0 spiro atoms. The molecule has 2 heterocycles. The lowest BCUT2D eigenvalue weighted by molar-refractivity contribution is 1.01. The van der Waals surface area contributed by atoms with Gasteiger partial charge in [0, 0.05) is 11.5 Å². The fourth-order valence-electron chi connectivity index (χ4n) is 0.815. The zero-order chi connectivity index (χ0) is 11.4. The van der Waals surface area contributed by atoms with Crippen LogP contribution in [-0.2, 0) is 0 Å². The van der Waals surface area contributed by atoms with Gasteiger partial charge < -0.3 is 11.5 Å². The van der Waals surface area contributed by atoms with Crippen molar-refractivity contribution in [2.75, 3.05) is 23.0 Å². The van der Waals surface area contributed by atoms with Crippen LogP contribution in [0.4, 0.5) is 10.3 Å². The van der Waals surface area contributed by atoms with Gasteiger partial charge in [-0.15, -0.1) is 20.4 Å². The Morgan fingerprint density at radius 1 is 0.812 bits per heavy atom. The van der Waals surface area contributed by atoms with Crippen LogP contribution in [0.2, 0.25) is 0 Å². The van der Waals surface area contributed by atoms with Crippen molar-refractivity contribution in [3.05, 3.63) is 0 Å². The van der Waals surface area contributed by atoms with E-state index in [2.05, 4.69) is 20.4 Å². The van der Waals surface area contributed by atoms with Crippen LogP contribution in [0.5, 0.6) is 0 Å². The standard InChI is InChI=1S/C6H8N6S4/c7-3-9-11-5(15-3)13-1-2-14-6-12-10-4(8)16-6/h1-2H2,(H2,7,9)(H2,8,10). The molecule has 0 aliphatic heterocycles. The molecule has 10 heteroatoms. The smallest absolute Gasteiger partial charge is 0.203 e. The molecule has 0 radical (unpaired) electrons. The van der Waals surface area contributed by atoms with E-state index >= 15 is 0 Å². The predicted molar refractivity (Wildman–Crippen MR) is 70.1 cm³/mol. The molecule has 6 nitrogen and oxygen atoms in total. The normalized spacial score (nSPS) is 10.8. The van der Waals surface area contributed by atoms with Gasteiger partial charge in [0.25, 0.3) is 0 Å². The average Bonchev–Trinajstić information content (AvgIpc) is 2.83. The molecule has 0 aromatic carbocycles. The number of anilines is 2. The first-order chi connectivity index (χ1) is 7.74. The molecule has 2 aromatic rings. The van der Waals surface area contributed by atoms with Crippen LogP contribution in [0, 0.1) is 0 Å². The van der Waals surface area contributed by atoms with Crippen LogP contribution >= 0.6 is 46.2 Å². The minimum atomic E-state index is 0.507. The topological polar surface area (TPSA) is 104 Å². The maximum atomic E-state index is 5.47. The Kier molecular flexibility index (Phi) is 4.21. The van der Waals surface area contributed by atoms with Gasteiger partial charge in [0.1, 0.15) is 0 Å². The fourth-order valence-corrected chi connectivity index (χ4v) is 4.20. The molecule has 86 valence electrons. The fraction of sp³-hybridized carbons (Fsp3) is 0.333. The lowest BCUT2D eigenvalue weighted by Crippen LogP contribution is -1.84. The summed E-state index contributed by atoms with van der Waals surface area (Å²) in [6.07, 6.45) is 0. The van der Waals surface area contributed by atoms with E-state index in [0.717, 1.165) is 20.2 Å². The molecule has 16 heavy (non-hydrogen) atoms. The summed E-state index contributed by atoms with van der Waals surface area (Å²) in [4.78, 5) is 0. The Morgan fingerprint density at radius 3 is 1.56 bits per heavy atom. The van der Waals surface area contributed by atoms with E-state index < -0.39 is 0 Å². The SMILES string of the molecule is Nc1nnc(SCCSc2nnc(N)s2)s1. The molecule has 0 aliphatic carbocycles. The lowest BCUT2D eigenvalue weighted by atomic mass is 11.0. The summed E-state index contributed by atoms with van der Waals surface area (Å²) in [5.74, 6) is 1.86. The third-order valence-electron chi connectivity index (χ3n) is 1.38. The van der Waals surface area contributed by atoms with Crippen LogP contribution in [-0.4, -0.2) is 31.9 Å². The Bertz CT molecular complexity index is 411. The monoisotopic (exact) mass is 292 g/mol.